The number of pyridine rings is 2. The average Bonchev–Trinajstić information content (AvgIpc) is 2.81. The zero-order valence-corrected chi connectivity index (χ0v) is 21.6. The van der Waals surface area contributed by atoms with Gasteiger partial charge in [0, 0.05) is 11.6 Å². The van der Waals surface area contributed by atoms with Gasteiger partial charge >= 0.3 is 0 Å². The number of rotatable bonds is 8. The van der Waals surface area contributed by atoms with Gasteiger partial charge in [0.25, 0.3) is 15.9 Å². The average molecular weight is 513 g/mol. The molecular formula is C26H29FN4O4S. The van der Waals surface area contributed by atoms with E-state index >= 15 is 0 Å². The smallest absolute Gasteiger partial charge is 0.281 e. The highest BCUT2D eigenvalue weighted by molar-refractivity contribution is 7.90. The fourth-order valence-corrected chi connectivity index (χ4v) is 4.13. The second-order valence-electron chi connectivity index (χ2n) is 8.93. The van der Waals surface area contributed by atoms with E-state index in [1.807, 2.05) is 32.4 Å². The van der Waals surface area contributed by atoms with Crippen molar-refractivity contribution in [2.75, 3.05) is 12.3 Å². The van der Waals surface area contributed by atoms with Crippen LogP contribution in [0.1, 0.15) is 50.7 Å². The maximum absolute atomic E-state index is 14.3. The number of allylic oxidation sites excluding steroid dienone is 2. The third-order valence-corrected chi connectivity index (χ3v) is 6.48. The number of nitrogens with two attached hydrogens (primary N) is 1. The molecule has 3 aromatic rings. The number of benzene rings is 1. The minimum absolute atomic E-state index is 0.00394. The van der Waals surface area contributed by atoms with Crippen LogP contribution in [0, 0.1) is 11.7 Å². The Balaban J connectivity index is 2.03. The predicted molar refractivity (Wildman–Crippen MR) is 137 cm³/mol. The first kappa shape index (κ1) is 26.8. The van der Waals surface area contributed by atoms with Gasteiger partial charge in [-0.05, 0) is 68.7 Å². The summed E-state index contributed by atoms with van der Waals surface area (Å²) >= 11 is 0. The summed E-state index contributed by atoms with van der Waals surface area (Å²) < 4.78 is 47.5. The number of nitrogen functional groups attached to an aromatic ring is 1. The first-order valence-corrected chi connectivity index (χ1v) is 12.7. The van der Waals surface area contributed by atoms with Crippen LogP contribution in [0.25, 0.3) is 16.8 Å². The van der Waals surface area contributed by atoms with Gasteiger partial charge < -0.3 is 10.5 Å². The quantitative estimate of drug-likeness (QED) is 0.443. The number of nitrogens with one attached hydrogen (secondary N) is 1. The molecule has 3 N–H and O–H groups in total. The molecule has 36 heavy (non-hydrogen) atoms. The van der Waals surface area contributed by atoms with Crippen LogP contribution in [0.5, 0.6) is 5.75 Å². The Morgan fingerprint density at radius 2 is 1.81 bits per heavy atom. The molecule has 190 valence electrons. The number of carbonyl (C=O) groups is 1. The maximum atomic E-state index is 14.3. The first-order chi connectivity index (χ1) is 16.9. The SMILES string of the molecule is CC(C)=C(C)c1nc(-c2cc(F)cc(OCC(C)C)c2)ccc1C(=O)NS(=O)(=O)c1cccc(N)n1. The zero-order valence-electron chi connectivity index (χ0n) is 20.8. The standard InChI is InChI=1S/C26H29FN4O4S/c1-15(2)14-35-20-12-18(11-19(27)13-20)22-10-9-21(25(29-22)17(5)16(3)4)26(32)31-36(33,34)24-8-6-7-23(28)30-24/h6-13,15H,14H2,1-5H3,(H2,28,30)(H,31,32). The Bertz CT molecular complexity index is 1430. The highest BCUT2D eigenvalue weighted by Gasteiger charge is 2.24. The molecule has 0 bridgehead atoms. The number of hydrogen-bond donors (Lipinski definition) is 2. The molecule has 0 aliphatic heterocycles. The number of halogens is 1. The predicted octanol–water partition coefficient (Wildman–Crippen LogP) is 4.83. The number of nitrogens with zero attached hydrogens (tertiary/aromatic N) is 2. The molecule has 0 radical (unpaired) electrons. The fraction of sp³-hybridized carbons (Fsp3) is 0.269. The molecule has 2 aromatic heterocycles. The van der Waals surface area contributed by atoms with Crippen molar-refractivity contribution in [3.63, 3.8) is 0 Å². The van der Waals surface area contributed by atoms with Gasteiger partial charge in [-0.2, -0.15) is 8.42 Å². The lowest BCUT2D eigenvalue weighted by molar-refractivity contribution is 0.0980. The zero-order chi connectivity index (χ0) is 26.6. The molecule has 0 aliphatic carbocycles. The lowest BCUT2D eigenvalue weighted by Crippen LogP contribution is -2.32. The van der Waals surface area contributed by atoms with Gasteiger partial charge in [-0.25, -0.2) is 19.1 Å². The number of ether oxygens (including phenoxy) is 1. The molecule has 10 heteroatoms. The Morgan fingerprint density at radius 3 is 2.44 bits per heavy atom. The van der Waals surface area contributed by atoms with Crippen molar-refractivity contribution < 1.29 is 22.3 Å². The van der Waals surface area contributed by atoms with Crippen LogP contribution in [0.2, 0.25) is 0 Å². The van der Waals surface area contributed by atoms with E-state index in [1.165, 1.54) is 42.5 Å². The minimum Gasteiger partial charge on any atom is -0.493 e. The summed E-state index contributed by atoms with van der Waals surface area (Å²) in [4.78, 5) is 21.5. The molecule has 3 rings (SSSR count). The maximum Gasteiger partial charge on any atom is 0.281 e. The van der Waals surface area contributed by atoms with Crippen molar-refractivity contribution in [2.24, 2.45) is 5.92 Å². The Labute approximate surface area is 210 Å². The van der Waals surface area contributed by atoms with Crippen molar-refractivity contribution in [3.05, 3.63) is 71.2 Å². The van der Waals surface area contributed by atoms with Crippen LogP contribution in [0.4, 0.5) is 10.2 Å². The fourth-order valence-electron chi connectivity index (χ4n) is 3.19. The molecule has 0 atom stereocenters. The molecular weight excluding hydrogens is 483 g/mol. The molecule has 0 fully saturated rings. The third kappa shape index (κ3) is 6.45. The first-order valence-electron chi connectivity index (χ1n) is 11.3. The van der Waals surface area contributed by atoms with E-state index in [4.69, 9.17) is 10.5 Å². The summed E-state index contributed by atoms with van der Waals surface area (Å²) in [6.45, 7) is 9.87. The Kier molecular flexibility index (Phi) is 8.09. The van der Waals surface area contributed by atoms with Crippen molar-refractivity contribution in [3.8, 4) is 17.0 Å². The summed E-state index contributed by atoms with van der Waals surface area (Å²) in [6.07, 6.45) is 0. The second-order valence-corrected chi connectivity index (χ2v) is 10.6. The van der Waals surface area contributed by atoms with Gasteiger partial charge in [0.1, 0.15) is 17.4 Å². The Hall–Kier alpha value is -3.79. The van der Waals surface area contributed by atoms with Crippen LogP contribution in [-0.2, 0) is 10.0 Å². The monoisotopic (exact) mass is 512 g/mol. The topological polar surface area (TPSA) is 124 Å². The van der Waals surface area contributed by atoms with E-state index in [0.717, 1.165) is 5.57 Å². The van der Waals surface area contributed by atoms with Crippen molar-refractivity contribution >= 4 is 27.3 Å². The van der Waals surface area contributed by atoms with Gasteiger partial charge in [-0.15, -0.1) is 0 Å². The Morgan fingerprint density at radius 1 is 1.08 bits per heavy atom. The van der Waals surface area contributed by atoms with Gasteiger partial charge in [0.15, 0.2) is 5.03 Å². The molecule has 2 heterocycles. The third-order valence-electron chi connectivity index (χ3n) is 5.24. The van der Waals surface area contributed by atoms with Crippen molar-refractivity contribution in [2.45, 2.75) is 39.6 Å². The lowest BCUT2D eigenvalue weighted by atomic mass is 10.0. The van der Waals surface area contributed by atoms with E-state index in [1.54, 1.807) is 13.0 Å². The molecule has 1 aromatic carbocycles. The number of amides is 1. The number of carbonyl (C=O) groups excluding carboxylic acids is 1. The van der Waals surface area contributed by atoms with Gasteiger partial charge in [-0.1, -0.05) is 25.5 Å². The molecule has 0 saturated heterocycles. The molecule has 0 unspecified atom stereocenters. The van der Waals surface area contributed by atoms with E-state index < -0.39 is 21.7 Å². The molecule has 0 aliphatic rings. The summed E-state index contributed by atoms with van der Waals surface area (Å²) in [5.74, 6) is -0.740. The van der Waals surface area contributed by atoms with Crippen LogP contribution >= 0.6 is 0 Å². The van der Waals surface area contributed by atoms with Gasteiger partial charge in [0.05, 0.1) is 23.6 Å². The second kappa shape index (κ2) is 10.9. The number of hydrogen-bond acceptors (Lipinski definition) is 7. The molecule has 0 saturated carbocycles. The van der Waals surface area contributed by atoms with Gasteiger partial charge in [0.2, 0.25) is 0 Å². The van der Waals surface area contributed by atoms with E-state index in [0.29, 0.717) is 29.2 Å². The number of aromatic nitrogens is 2. The lowest BCUT2D eigenvalue weighted by Gasteiger charge is -2.14. The molecule has 0 spiro atoms. The van der Waals surface area contributed by atoms with E-state index in [2.05, 4.69) is 9.97 Å². The summed E-state index contributed by atoms with van der Waals surface area (Å²) in [6, 6.07) is 11.4. The van der Waals surface area contributed by atoms with Crippen LogP contribution in [0.15, 0.2) is 59.1 Å². The van der Waals surface area contributed by atoms with Crippen LogP contribution < -0.4 is 15.2 Å². The van der Waals surface area contributed by atoms with Crippen molar-refractivity contribution in [1.29, 1.82) is 0 Å². The van der Waals surface area contributed by atoms with E-state index in [9.17, 15) is 17.6 Å². The summed E-state index contributed by atoms with van der Waals surface area (Å²) in [5.41, 5.74) is 8.30. The number of sulfonamides is 1. The highest BCUT2D eigenvalue weighted by atomic mass is 32.2. The summed E-state index contributed by atoms with van der Waals surface area (Å²) in [5, 5.41) is -0.380. The summed E-state index contributed by atoms with van der Waals surface area (Å²) in [7, 11) is -4.28. The van der Waals surface area contributed by atoms with Crippen LogP contribution in [-0.4, -0.2) is 30.9 Å². The van der Waals surface area contributed by atoms with Gasteiger partial charge in [-0.3, -0.25) is 4.79 Å². The molecule has 8 nitrogen and oxygen atoms in total. The van der Waals surface area contributed by atoms with Crippen LogP contribution in [0.3, 0.4) is 0 Å². The number of anilines is 1. The molecule has 1 amide bonds. The minimum atomic E-state index is -4.28. The van der Waals surface area contributed by atoms with E-state index in [-0.39, 0.29) is 28.0 Å². The van der Waals surface area contributed by atoms with Crippen molar-refractivity contribution in [1.82, 2.24) is 14.7 Å². The largest absolute Gasteiger partial charge is 0.493 e. The normalized spacial score (nSPS) is 11.3. The highest BCUT2D eigenvalue weighted by Crippen LogP contribution is 2.29.